The van der Waals surface area contributed by atoms with Crippen molar-refractivity contribution in [2.75, 3.05) is 5.32 Å². The number of carbonyl (C=O) groups excluding carboxylic acids is 2. The summed E-state index contributed by atoms with van der Waals surface area (Å²) >= 11 is 4.74. The number of aliphatic imine (C=N–C) groups is 1. The lowest BCUT2D eigenvalue weighted by atomic mass is 9.98. The highest BCUT2D eigenvalue weighted by Crippen LogP contribution is 2.39. The van der Waals surface area contributed by atoms with Crippen LogP contribution >= 0.6 is 27.7 Å². The summed E-state index contributed by atoms with van der Waals surface area (Å²) in [5.41, 5.74) is 4.37. The van der Waals surface area contributed by atoms with Gasteiger partial charge >= 0.3 is 0 Å². The molecule has 2 heterocycles. The third-order valence-electron chi connectivity index (χ3n) is 5.92. The van der Waals surface area contributed by atoms with Gasteiger partial charge in [-0.1, -0.05) is 64.1 Å². The van der Waals surface area contributed by atoms with E-state index in [0.717, 1.165) is 26.9 Å². The first kappa shape index (κ1) is 24.4. The number of nitrogens with zero attached hydrogens (tertiary/aromatic N) is 3. The smallest absolute Gasteiger partial charge is 0.262 e. The van der Waals surface area contributed by atoms with E-state index in [-0.39, 0.29) is 30.1 Å². The maximum absolute atomic E-state index is 13.6. The van der Waals surface area contributed by atoms with E-state index >= 15 is 0 Å². The zero-order valence-corrected chi connectivity index (χ0v) is 21.7. The number of hydrazone groups is 1. The Morgan fingerprint density at radius 2 is 1.92 bits per heavy atom. The Morgan fingerprint density at radius 1 is 1.14 bits per heavy atom. The summed E-state index contributed by atoms with van der Waals surface area (Å²) in [4.78, 5) is 29.6. The van der Waals surface area contributed by atoms with E-state index < -0.39 is 5.25 Å². The fourth-order valence-electron chi connectivity index (χ4n) is 4.18. The number of amidine groups is 1. The zero-order valence-electron chi connectivity index (χ0n) is 19.3. The van der Waals surface area contributed by atoms with Gasteiger partial charge in [0.1, 0.15) is 11.1 Å². The number of nitrogens with one attached hydrogen (secondary N) is 1. The number of carbonyl (C=O) groups is 2. The first-order valence-corrected chi connectivity index (χ1v) is 13.1. The summed E-state index contributed by atoms with van der Waals surface area (Å²) in [6, 6.07) is 21.4. The highest BCUT2D eigenvalue weighted by molar-refractivity contribution is 9.10. The molecular weight excluding hydrogens is 543 g/mol. The van der Waals surface area contributed by atoms with E-state index in [0.29, 0.717) is 17.3 Å². The van der Waals surface area contributed by atoms with Gasteiger partial charge in [-0.3, -0.25) is 9.59 Å². The molecule has 2 aliphatic heterocycles. The number of anilines is 1. The van der Waals surface area contributed by atoms with Gasteiger partial charge in [-0.05, 0) is 60.0 Å². The van der Waals surface area contributed by atoms with Crippen molar-refractivity contribution in [3.63, 3.8) is 0 Å². The largest absolute Gasteiger partial charge is 0.326 e. The quantitative estimate of drug-likeness (QED) is 0.408. The van der Waals surface area contributed by atoms with Crippen molar-refractivity contribution in [2.24, 2.45) is 10.1 Å². The van der Waals surface area contributed by atoms with Gasteiger partial charge in [-0.2, -0.15) is 10.1 Å². The normalized spacial score (nSPS) is 19.3. The standard InChI is InChI=1S/C27H22BrFN4O2S/c1-16-4-2-7-21(12-16)30-25(34)15-24-26(35)31-27(36-24)33-23(17-8-10-20(29)11-9-17)14-22(32-33)18-5-3-6-19(28)13-18/h2-13,23-24H,14-15H2,1H3,(H,30,34)/t23-,24+/m1/s1. The molecule has 5 rings (SSSR count). The number of aryl methyl sites for hydroxylation is 1. The van der Waals surface area contributed by atoms with E-state index in [2.05, 4.69) is 26.2 Å². The first-order valence-electron chi connectivity index (χ1n) is 11.4. The topological polar surface area (TPSA) is 74.1 Å². The predicted octanol–water partition coefficient (Wildman–Crippen LogP) is 6.07. The van der Waals surface area contributed by atoms with E-state index in [1.54, 1.807) is 17.1 Å². The maximum Gasteiger partial charge on any atom is 0.262 e. The number of rotatable bonds is 5. The van der Waals surface area contributed by atoms with Crippen LogP contribution in [0.3, 0.4) is 0 Å². The Hall–Kier alpha value is -3.30. The van der Waals surface area contributed by atoms with Crippen LogP contribution in [0.5, 0.6) is 0 Å². The molecule has 2 aliphatic rings. The summed E-state index contributed by atoms with van der Waals surface area (Å²) < 4.78 is 14.5. The summed E-state index contributed by atoms with van der Waals surface area (Å²) in [7, 11) is 0. The van der Waals surface area contributed by atoms with Crippen LogP contribution in [-0.2, 0) is 9.59 Å². The van der Waals surface area contributed by atoms with Gasteiger partial charge in [0.25, 0.3) is 5.91 Å². The van der Waals surface area contributed by atoms with Crippen LogP contribution < -0.4 is 5.32 Å². The van der Waals surface area contributed by atoms with Crippen LogP contribution in [0.15, 0.2) is 87.4 Å². The Bertz CT molecular complexity index is 1390. The van der Waals surface area contributed by atoms with Gasteiger partial charge in [-0.25, -0.2) is 9.40 Å². The number of hydrogen-bond donors (Lipinski definition) is 1. The molecule has 0 fully saturated rings. The van der Waals surface area contributed by atoms with Crippen LogP contribution in [0, 0.1) is 12.7 Å². The van der Waals surface area contributed by atoms with Crippen molar-refractivity contribution < 1.29 is 14.0 Å². The number of hydrogen-bond acceptors (Lipinski definition) is 5. The molecule has 36 heavy (non-hydrogen) atoms. The number of thioether (sulfide) groups is 1. The highest BCUT2D eigenvalue weighted by atomic mass is 79.9. The minimum Gasteiger partial charge on any atom is -0.326 e. The van der Waals surface area contributed by atoms with Crippen molar-refractivity contribution in [2.45, 2.75) is 31.1 Å². The molecule has 6 nitrogen and oxygen atoms in total. The lowest BCUT2D eigenvalue weighted by Gasteiger charge is -2.23. The first-order chi connectivity index (χ1) is 17.4. The minimum absolute atomic E-state index is 0.00169. The molecule has 0 radical (unpaired) electrons. The van der Waals surface area contributed by atoms with E-state index in [1.807, 2.05) is 55.5 Å². The summed E-state index contributed by atoms with van der Waals surface area (Å²) in [5.74, 6) is -0.935. The van der Waals surface area contributed by atoms with Crippen molar-refractivity contribution in [1.29, 1.82) is 0 Å². The summed E-state index contributed by atoms with van der Waals surface area (Å²) in [6.45, 7) is 1.95. The Morgan fingerprint density at radius 3 is 2.67 bits per heavy atom. The second-order valence-corrected chi connectivity index (χ2v) is 10.7. The van der Waals surface area contributed by atoms with Gasteiger partial charge in [0.05, 0.1) is 11.8 Å². The summed E-state index contributed by atoms with van der Waals surface area (Å²) in [6.07, 6.45) is 0.566. The van der Waals surface area contributed by atoms with Gasteiger partial charge in [0.2, 0.25) is 5.91 Å². The van der Waals surface area contributed by atoms with Crippen LogP contribution in [0.4, 0.5) is 10.1 Å². The minimum atomic E-state index is -0.635. The predicted molar refractivity (Wildman–Crippen MR) is 145 cm³/mol. The molecule has 0 saturated heterocycles. The van der Waals surface area contributed by atoms with Crippen molar-refractivity contribution in [3.05, 3.63) is 99.8 Å². The Kier molecular flexibility index (Phi) is 7.02. The third-order valence-corrected chi connectivity index (χ3v) is 7.56. The van der Waals surface area contributed by atoms with E-state index in [4.69, 9.17) is 5.10 Å². The van der Waals surface area contributed by atoms with Gasteiger partial charge in [-0.15, -0.1) is 0 Å². The molecule has 182 valence electrons. The van der Waals surface area contributed by atoms with Crippen molar-refractivity contribution in [1.82, 2.24) is 5.01 Å². The summed E-state index contributed by atoms with van der Waals surface area (Å²) in [5, 5.41) is 9.20. The highest BCUT2D eigenvalue weighted by Gasteiger charge is 2.39. The number of benzene rings is 3. The van der Waals surface area contributed by atoms with Crippen LogP contribution in [-0.4, -0.2) is 33.0 Å². The fraction of sp³-hybridized carbons (Fsp3) is 0.185. The molecule has 0 aliphatic carbocycles. The molecule has 0 unspecified atom stereocenters. The van der Waals surface area contributed by atoms with Crippen molar-refractivity contribution in [3.8, 4) is 0 Å². The average molecular weight is 565 g/mol. The third kappa shape index (κ3) is 5.42. The molecule has 1 N–H and O–H groups in total. The van der Waals surface area contributed by atoms with Gasteiger partial charge in [0, 0.05) is 23.0 Å². The van der Waals surface area contributed by atoms with Crippen molar-refractivity contribution >= 4 is 56.1 Å². The zero-order chi connectivity index (χ0) is 25.2. The van der Waals surface area contributed by atoms with Gasteiger partial charge < -0.3 is 5.32 Å². The van der Waals surface area contributed by atoms with Crippen LogP contribution in [0.1, 0.15) is 35.6 Å². The Labute approximate surface area is 220 Å². The molecule has 9 heteroatoms. The molecule has 3 aromatic rings. The molecule has 2 atom stereocenters. The molecule has 3 aromatic carbocycles. The lowest BCUT2D eigenvalue weighted by molar-refractivity contribution is -0.121. The number of halogens is 2. The molecule has 0 saturated carbocycles. The Balaban J connectivity index is 1.36. The maximum atomic E-state index is 13.6. The van der Waals surface area contributed by atoms with E-state index in [1.165, 1.54) is 23.9 Å². The second kappa shape index (κ2) is 10.4. The monoisotopic (exact) mass is 564 g/mol. The fourth-order valence-corrected chi connectivity index (χ4v) is 5.64. The molecule has 0 bridgehead atoms. The van der Waals surface area contributed by atoms with E-state index in [9.17, 15) is 14.0 Å². The molecule has 0 spiro atoms. The molecule has 0 aromatic heterocycles. The van der Waals surface area contributed by atoms with Crippen LogP contribution in [0.2, 0.25) is 0 Å². The lowest BCUT2D eigenvalue weighted by Crippen LogP contribution is -2.25. The SMILES string of the molecule is Cc1cccc(NC(=O)C[C@@H]2SC(N3N=C(c4cccc(Br)c4)C[C@@H]3c3ccc(F)cc3)=NC2=O)c1. The average Bonchev–Trinajstić information content (AvgIpc) is 3.44. The molecule has 2 amide bonds. The number of amides is 2. The van der Waals surface area contributed by atoms with Crippen LogP contribution in [0.25, 0.3) is 0 Å². The van der Waals surface area contributed by atoms with Gasteiger partial charge in [0.15, 0.2) is 5.17 Å². The second-order valence-electron chi connectivity index (χ2n) is 8.63. The molecular formula is C27H22BrFN4O2S.